The Morgan fingerprint density at radius 2 is 1.73 bits per heavy atom. The minimum absolute atomic E-state index is 0.0108. The van der Waals surface area contributed by atoms with Gasteiger partial charge < -0.3 is 24.7 Å². The first kappa shape index (κ1) is 31.6. The molecule has 2 bridgehead atoms. The van der Waals surface area contributed by atoms with E-state index < -0.39 is 22.6 Å². The van der Waals surface area contributed by atoms with Crippen molar-refractivity contribution in [2.75, 3.05) is 55.7 Å². The minimum atomic E-state index is -0.804. The van der Waals surface area contributed by atoms with E-state index in [1.54, 1.807) is 38.6 Å². The standard InChI is InChI=1S/C31H43BrN4O4S/c1-6-15-34(16-7-2)28(38)24-25-29(39)36(18-19-37)27(31(25)20-23(32)26(24)41-31)30(40)35(17-8-3)22-13-11-21(12-14-22)33(9-4)10-5/h6,8,11-14,23-27,37H,1,3,7,9-10,15-20H2,2,4-5H3/t23?,24-,25+,26-,27?,31?/m1/s1. The quantitative estimate of drug-likeness (QED) is 0.244. The Morgan fingerprint density at radius 3 is 2.29 bits per heavy atom. The van der Waals surface area contributed by atoms with Crippen molar-refractivity contribution >= 4 is 56.8 Å². The molecule has 3 aliphatic heterocycles. The number of β-amino-alcohol motifs (C(OH)–C–C–N with tert-alkyl or cyclic N) is 1. The molecule has 3 amide bonds. The number of rotatable bonds is 14. The van der Waals surface area contributed by atoms with Gasteiger partial charge in [0.1, 0.15) is 6.04 Å². The minimum Gasteiger partial charge on any atom is -0.395 e. The Balaban J connectivity index is 1.74. The monoisotopic (exact) mass is 646 g/mol. The molecule has 1 aromatic carbocycles. The first-order valence-corrected chi connectivity index (χ1v) is 16.4. The summed E-state index contributed by atoms with van der Waals surface area (Å²) < 4.78 is -0.769. The zero-order chi connectivity index (χ0) is 29.9. The summed E-state index contributed by atoms with van der Waals surface area (Å²) in [7, 11) is 0. The zero-order valence-corrected chi connectivity index (χ0v) is 26.8. The molecule has 4 rings (SSSR count). The van der Waals surface area contributed by atoms with Crippen LogP contribution in [0.25, 0.3) is 0 Å². The highest BCUT2D eigenvalue weighted by Gasteiger charge is 2.76. The highest BCUT2D eigenvalue weighted by atomic mass is 79.9. The van der Waals surface area contributed by atoms with Gasteiger partial charge in [0, 0.05) is 60.7 Å². The number of alkyl halides is 1. The average Bonchev–Trinajstić information content (AvgIpc) is 3.55. The van der Waals surface area contributed by atoms with Crippen LogP contribution >= 0.6 is 27.7 Å². The number of likely N-dealkylation sites (tertiary alicyclic amines) is 1. The summed E-state index contributed by atoms with van der Waals surface area (Å²) in [4.78, 5) is 50.0. The maximum atomic E-state index is 14.6. The molecule has 1 N–H and O–H groups in total. The number of aliphatic hydroxyl groups excluding tert-OH is 1. The molecule has 3 saturated heterocycles. The fraction of sp³-hybridized carbons (Fsp3) is 0.581. The van der Waals surface area contributed by atoms with E-state index in [1.165, 1.54) is 0 Å². The Hall–Kier alpha value is -2.30. The van der Waals surface area contributed by atoms with Crippen molar-refractivity contribution in [2.45, 2.75) is 54.5 Å². The van der Waals surface area contributed by atoms with Crippen LogP contribution in [-0.4, -0.2) is 99.4 Å². The molecule has 0 saturated carbocycles. The molecule has 0 aromatic heterocycles. The Kier molecular flexibility index (Phi) is 10.3. The third-order valence-electron chi connectivity index (χ3n) is 8.67. The van der Waals surface area contributed by atoms with Crippen LogP contribution in [0.1, 0.15) is 33.6 Å². The lowest BCUT2D eigenvalue weighted by molar-refractivity contribution is -0.144. The number of thioether (sulfide) groups is 1. The van der Waals surface area contributed by atoms with E-state index in [9.17, 15) is 19.5 Å². The lowest BCUT2D eigenvalue weighted by atomic mass is 9.70. The van der Waals surface area contributed by atoms with E-state index >= 15 is 0 Å². The van der Waals surface area contributed by atoms with Crippen LogP contribution in [0.5, 0.6) is 0 Å². The maximum absolute atomic E-state index is 14.6. The van der Waals surface area contributed by atoms with E-state index in [1.807, 2.05) is 31.2 Å². The van der Waals surface area contributed by atoms with Crippen molar-refractivity contribution in [1.82, 2.24) is 9.80 Å². The Morgan fingerprint density at radius 1 is 1.10 bits per heavy atom. The van der Waals surface area contributed by atoms with Crippen LogP contribution in [0.3, 0.4) is 0 Å². The van der Waals surface area contributed by atoms with Crippen molar-refractivity contribution in [3.05, 3.63) is 49.6 Å². The predicted octanol–water partition coefficient (Wildman–Crippen LogP) is 3.93. The predicted molar refractivity (Wildman–Crippen MR) is 171 cm³/mol. The molecule has 3 unspecified atom stereocenters. The number of nitrogens with zero attached hydrogens (tertiary/aromatic N) is 4. The van der Waals surface area contributed by atoms with Gasteiger partial charge in [-0.1, -0.05) is 35.0 Å². The fourth-order valence-electron chi connectivity index (χ4n) is 7.00. The second-order valence-corrected chi connectivity index (χ2v) is 13.6. The van der Waals surface area contributed by atoms with E-state index in [4.69, 9.17) is 0 Å². The van der Waals surface area contributed by atoms with Crippen molar-refractivity contribution in [2.24, 2.45) is 11.8 Å². The smallest absolute Gasteiger partial charge is 0.251 e. The first-order chi connectivity index (χ1) is 19.7. The van der Waals surface area contributed by atoms with Gasteiger partial charge in [-0.05, 0) is 51.0 Å². The number of carbonyl (C=O) groups is 3. The summed E-state index contributed by atoms with van der Waals surface area (Å²) in [6.07, 6.45) is 4.80. The number of fused-ring (bicyclic) bond motifs is 1. The fourth-order valence-corrected chi connectivity index (χ4v) is 10.6. The third kappa shape index (κ3) is 5.47. The lowest BCUT2D eigenvalue weighted by Gasteiger charge is -2.38. The van der Waals surface area contributed by atoms with Gasteiger partial charge in [0.15, 0.2) is 0 Å². The number of hydrogen-bond donors (Lipinski definition) is 1. The third-order valence-corrected chi connectivity index (χ3v) is 11.9. The van der Waals surface area contributed by atoms with Crippen LogP contribution in [0, 0.1) is 11.8 Å². The van der Waals surface area contributed by atoms with E-state index in [2.05, 4.69) is 47.8 Å². The summed E-state index contributed by atoms with van der Waals surface area (Å²) in [5.74, 6) is -1.64. The van der Waals surface area contributed by atoms with Gasteiger partial charge in [-0.2, -0.15) is 0 Å². The largest absolute Gasteiger partial charge is 0.395 e. The maximum Gasteiger partial charge on any atom is 0.251 e. The number of aliphatic hydroxyl groups is 1. The molecular formula is C31H43BrN4O4S. The van der Waals surface area contributed by atoms with Gasteiger partial charge >= 0.3 is 0 Å². The summed E-state index contributed by atoms with van der Waals surface area (Å²) >= 11 is 5.45. The van der Waals surface area contributed by atoms with Gasteiger partial charge in [-0.3, -0.25) is 14.4 Å². The summed E-state index contributed by atoms with van der Waals surface area (Å²) in [5.41, 5.74) is 1.80. The van der Waals surface area contributed by atoms with Crippen LogP contribution < -0.4 is 9.80 Å². The number of halogens is 1. The van der Waals surface area contributed by atoms with Crippen LogP contribution in [0.2, 0.25) is 0 Å². The number of amides is 3. The van der Waals surface area contributed by atoms with Gasteiger partial charge in [0.05, 0.1) is 23.2 Å². The van der Waals surface area contributed by atoms with E-state index in [0.717, 1.165) is 30.9 Å². The second-order valence-electron chi connectivity index (χ2n) is 10.9. The molecule has 10 heteroatoms. The van der Waals surface area contributed by atoms with E-state index in [-0.39, 0.29) is 47.5 Å². The highest BCUT2D eigenvalue weighted by Crippen LogP contribution is 2.68. The second kappa shape index (κ2) is 13.3. The van der Waals surface area contributed by atoms with Crippen molar-refractivity contribution in [3.63, 3.8) is 0 Å². The van der Waals surface area contributed by atoms with Crippen molar-refractivity contribution in [3.8, 4) is 0 Å². The molecular weight excluding hydrogens is 604 g/mol. The molecule has 41 heavy (non-hydrogen) atoms. The SMILES string of the molecule is C=CCN(CCC)C(=O)[C@H]1[C@@H]2SC3(CC2Br)C(C(=O)N(CC=C)c2ccc(N(CC)CC)cc2)N(CCO)C(=O)[C@H]13. The van der Waals surface area contributed by atoms with E-state index in [0.29, 0.717) is 19.5 Å². The number of benzene rings is 1. The number of anilines is 2. The molecule has 3 fully saturated rings. The van der Waals surface area contributed by atoms with Crippen LogP contribution in [-0.2, 0) is 14.4 Å². The average molecular weight is 648 g/mol. The molecule has 1 spiro atoms. The summed E-state index contributed by atoms with van der Waals surface area (Å²) in [5, 5.41) is 9.86. The molecule has 0 radical (unpaired) electrons. The molecule has 0 aliphatic carbocycles. The van der Waals surface area contributed by atoms with Crippen LogP contribution in [0.4, 0.5) is 11.4 Å². The molecule has 3 aliphatic rings. The molecule has 224 valence electrons. The lowest BCUT2D eigenvalue weighted by Crippen LogP contribution is -2.56. The highest BCUT2D eigenvalue weighted by molar-refractivity contribution is 9.09. The van der Waals surface area contributed by atoms with Gasteiger partial charge in [0.25, 0.3) is 5.91 Å². The van der Waals surface area contributed by atoms with Crippen molar-refractivity contribution in [1.29, 1.82) is 0 Å². The summed E-state index contributed by atoms with van der Waals surface area (Å²) in [6.45, 7) is 16.8. The van der Waals surface area contributed by atoms with Gasteiger partial charge in [-0.25, -0.2) is 0 Å². The topological polar surface area (TPSA) is 84.4 Å². The number of hydrogen-bond acceptors (Lipinski definition) is 6. The van der Waals surface area contributed by atoms with Gasteiger partial charge in [0.2, 0.25) is 11.8 Å². The molecule has 3 heterocycles. The van der Waals surface area contributed by atoms with Crippen LogP contribution in [0.15, 0.2) is 49.6 Å². The normalized spacial score (nSPS) is 28.0. The summed E-state index contributed by atoms with van der Waals surface area (Å²) in [6, 6.07) is 7.10. The number of carbonyl (C=O) groups excluding carboxylic acids is 3. The molecule has 8 nitrogen and oxygen atoms in total. The zero-order valence-electron chi connectivity index (χ0n) is 24.4. The Labute approximate surface area is 256 Å². The Bertz CT molecular complexity index is 1150. The van der Waals surface area contributed by atoms with Gasteiger partial charge in [-0.15, -0.1) is 24.9 Å². The first-order valence-electron chi connectivity index (χ1n) is 14.6. The molecule has 1 aromatic rings. The van der Waals surface area contributed by atoms with Crippen molar-refractivity contribution < 1.29 is 19.5 Å². The molecule has 6 atom stereocenters.